The van der Waals surface area contributed by atoms with E-state index < -0.39 is 0 Å². The van der Waals surface area contributed by atoms with Gasteiger partial charge in [-0.3, -0.25) is 0 Å². The van der Waals surface area contributed by atoms with Gasteiger partial charge in [0.25, 0.3) is 0 Å². The van der Waals surface area contributed by atoms with Crippen LogP contribution in [0.2, 0.25) is 0 Å². The highest BCUT2D eigenvalue weighted by Gasteiger charge is 2.02. The maximum atomic E-state index is 5.35. The molecular formula is C15H20N2. The van der Waals surface area contributed by atoms with Crippen LogP contribution < -0.4 is 0 Å². The third-order valence-corrected chi connectivity index (χ3v) is 2.84. The summed E-state index contributed by atoms with van der Waals surface area (Å²) in [5, 5.41) is 0. The smallest absolute Gasteiger partial charge is 0.0909 e. The highest BCUT2D eigenvalue weighted by Crippen LogP contribution is 2.23. The molecule has 0 aliphatic heterocycles. The van der Waals surface area contributed by atoms with Gasteiger partial charge in [-0.15, -0.1) is 12.3 Å². The average molecular weight is 228 g/mol. The van der Waals surface area contributed by atoms with Crippen LogP contribution >= 0.6 is 0 Å². The molecule has 1 aromatic rings. The van der Waals surface area contributed by atoms with Gasteiger partial charge < -0.3 is 4.90 Å². The molecule has 1 aromatic carbocycles. The van der Waals surface area contributed by atoms with E-state index >= 15 is 0 Å². The standard InChI is InChI=1S/C15H20N2/c1-6-8-14-9-13(4)15(10-12(14)3)16-11-17(5)7-2/h1,9-11H,7-8H2,2-5H3/b16-11+. The molecule has 2 heteroatoms. The molecule has 90 valence electrons. The van der Waals surface area contributed by atoms with Crippen LogP contribution in [-0.4, -0.2) is 24.8 Å². The molecule has 0 N–H and O–H groups in total. The van der Waals surface area contributed by atoms with Crippen molar-refractivity contribution in [3.05, 3.63) is 28.8 Å². The van der Waals surface area contributed by atoms with E-state index in [1.165, 1.54) is 16.7 Å². The molecule has 0 radical (unpaired) electrons. The Morgan fingerprint density at radius 2 is 2.06 bits per heavy atom. The summed E-state index contributed by atoms with van der Waals surface area (Å²) in [5.74, 6) is 2.68. The summed E-state index contributed by atoms with van der Waals surface area (Å²) in [6, 6.07) is 4.23. The Balaban J connectivity index is 3.00. The first kappa shape index (κ1) is 13.3. The first-order valence-corrected chi connectivity index (χ1v) is 5.86. The van der Waals surface area contributed by atoms with Crippen LogP contribution in [0.4, 0.5) is 5.69 Å². The van der Waals surface area contributed by atoms with Crippen LogP contribution in [0.3, 0.4) is 0 Å². The van der Waals surface area contributed by atoms with E-state index in [9.17, 15) is 0 Å². The minimum Gasteiger partial charge on any atom is -0.366 e. The SMILES string of the molecule is C#CCc1cc(C)c(/N=C/N(C)CC)cc1C. The third kappa shape index (κ3) is 3.64. The lowest BCUT2D eigenvalue weighted by atomic mass is 10.0. The lowest BCUT2D eigenvalue weighted by Crippen LogP contribution is -2.14. The van der Waals surface area contributed by atoms with Gasteiger partial charge in [-0.05, 0) is 43.5 Å². The van der Waals surface area contributed by atoms with Crippen molar-refractivity contribution in [3.63, 3.8) is 0 Å². The van der Waals surface area contributed by atoms with Gasteiger partial charge in [0.2, 0.25) is 0 Å². The normalized spacial score (nSPS) is 10.5. The number of nitrogens with zero attached hydrogens (tertiary/aromatic N) is 2. The van der Waals surface area contributed by atoms with Crippen LogP contribution in [0.5, 0.6) is 0 Å². The van der Waals surface area contributed by atoms with Crippen molar-refractivity contribution in [1.29, 1.82) is 0 Å². The Bertz CT molecular complexity index is 453. The summed E-state index contributed by atoms with van der Waals surface area (Å²) >= 11 is 0. The second-order valence-corrected chi connectivity index (χ2v) is 4.26. The van der Waals surface area contributed by atoms with E-state index in [1.807, 2.05) is 18.3 Å². The predicted octanol–water partition coefficient (Wildman–Crippen LogP) is 3.09. The molecule has 2 nitrogen and oxygen atoms in total. The molecule has 0 amide bonds. The summed E-state index contributed by atoms with van der Waals surface area (Å²) in [6.07, 6.45) is 7.90. The van der Waals surface area contributed by atoms with Gasteiger partial charge in [0.1, 0.15) is 0 Å². The quantitative estimate of drug-likeness (QED) is 0.439. The van der Waals surface area contributed by atoms with E-state index in [2.05, 4.69) is 43.8 Å². The monoisotopic (exact) mass is 228 g/mol. The van der Waals surface area contributed by atoms with Gasteiger partial charge in [-0.25, -0.2) is 4.99 Å². The number of benzene rings is 1. The van der Waals surface area contributed by atoms with Crippen molar-refractivity contribution in [2.75, 3.05) is 13.6 Å². The minimum absolute atomic E-state index is 0.686. The molecule has 0 unspecified atom stereocenters. The van der Waals surface area contributed by atoms with Gasteiger partial charge in [0.15, 0.2) is 0 Å². The Labute approximate surface area is 104 Å². The molecule has 0 aliphatic rings. The Kier molecular flexibility index (Phi) is 4.78. The van der Waals surface area contributed by atoms with Gasteiger partial charge >= 0.3 is 0 Å². The molecule has 0 saturated carbocycles. The van der Waals surface area contributed by atoms with E-state index in [0.29, 0.717) is 6.42 Å². The van der Waals surface area contributed by atoms with Crippen LogP contribution in [0.15, 0.2) is 17.1 Å². The molecule has 0 heterocycles. The molecule has 0 aliphatic carbocycles. The number of hydrogen-bond acceptors (Lipinski definition) is 1. The largest absolute Gasteiger partial charge is 0.366 e. The fourth-order valence-electron chi connectivity index (χ4n) is 1.54. The van der Waals surface area contributed by atoms with E-state index in [-0.39, 0.29) is 0 Å². The van der Waals surface area contributed by atoms with Crippen molar-refractivity contribution >= 4 is 12.0 Å². The van der Waals surface area contributed by atoms with Gasteiger partial charge in [-0.2, -0.15) is 0 Å². The second-order valence-electron chi connectivity index (χ2n) is 4.26. The van der Waals surface area contributed by atoms with Gasteiger partial charge in [0.05, 0.1) is 12.0 Å². The number of terminal acetylenes is 1. The van der Waals surface area contributed by atoms with Gasteiger partial charge in [-0.1, -0.05) is 6.07 Å². The fraction of sp³-hybridized carbons (Fsp3) is 0.400. The van der Waals surface area contributed by atoms with Crippen molar-refractivity contribution < 1.29 is 0 Å². The lowest BCUT2D eigenvalue weighted by molar-refractivity contribution is 0.552. The number of aryl methyl sites for hydroxylation is 2. The summed E-state index contributed by atoms with van der Waals surface area (Å²) in [4.78, 5) is 6.53. The van der Waals surface area contributed by atoms with E-state index in [4.69, 9.17) is 6.42 Å². The van der Waals surface area contributed by atoms with Crippen LogP contribution in [-0.2, 0) is 6.42 Å². The maximum Gasteiger partial charge on any atom is 0.0909 e. The highest BCUT2D eigenvalue weighted by atomic mass is 15.1. The summed E-state index contributed by atoms with van der Waals surface area (Å²) in [5.41, 5.74) is 4.61. The molecule has 0 atom stereocenters. The van der Waals surface area contributed by atoms with E-state index in [0.717, 1.165) is 12.2 Å². The molecule has 0 aromatic heterocycles. The summed E-state index contributed by atoms with van der Waals surface area (Å²) in [7, 11) is 2.01. The summed E-state index contributed by atoms with van der Waals surface area (Å²) in [6.45, 7) is 7.20. The molecule has 0 saturated heterocycles. The molecule has 0 fully saturated rings. The van der Waals surface area contributed by atoms with Crippen molar-refractivity contribution in [2.45, 2.75) is 27.2 Å². The van der Waals surface area contributed by atoms with E-state index in [1.54, 1.807) is 0 Å². The minimum atomic E-state index is 0.686. The topological polar surface area (TPSA) is 15.6 Å². The van der Waals surface area contributed by atoms with Crippen molar-refractivity contribution in [1.82, 2.24) is 4.90 Å². The highest BCUT2D eigenvalue weighted by molar-refractivity contribution is 5.64. The molecule has 17 heavy (non-hydrogen) atoms. The zero-order chi connectivity index (χ0) is 12.8. The fourth-order valence-corrected chi connectivity index (χ4v) is 1.54. The first-order valence-electron chi connectivity index (χ1n) is 5.86. The lowest BCUT2D eigenvalue weighted by Gasteiger charge is -2.10. The molecule has 0 spiro atoms. The predicted molar refractivity (Wildman–Crippen MR) is 74.9 cm³/mol. The zero-order valence-electron chi connectivity index (χ0n) is 11.1. The van der Waals surface area contributed by atoms with Gasteiger partial charge in [0, 0.05) is 20.0 Å². The molecule has 1 rings (SSSR count). The van der Waals surface area contributed by atoms with Crippen LogP contribution in [0.25, 0.3) is 0 Å². The Morgan fingerprint density at radius 3 is 2.65 bits per heavy atom. The summed E-state index contributed by atoms with van der Waals surface area (Å²) < 4.78 is 0. The molecular weight excluding hydrogens is 208 g/mol. The number of hydrogen-bond donors (Lipinski definition) is 0. The number of rotatable bonds is 4. The van der Waals surface area contributed by atoms with Crippen LogP contribution in [0.1, 0.15) is 23.6 Å². The average Bonchev–Trinajstić information content (AvgIpc) is 2.31. The number of aliphatic imine (C=N–C) groups is 1. The Morgan fingerprint density at radius 1 is 1.35 bits per heavy atom. The first-order chi connectivity index (χ1) is 8.08. The van der Waals surface area contributed by atoms with Crippen molar-refractivity contribution in [2.24, 2.45) is 4.99 Å². The second kappa shape index (κ2) is 6.10. The third-order valence-electron chi connectivity index (χ3n) is 2.84. The zero-order valence-corrected chi connectivity index (χ0v) is 11.1. The van der Waals surface area contributed by atoms with Crippen molar-refractivity contribution in [3.8, 4) is 12.3 Å². The Hall–Kier alpha value is -1.75. The van der Waals surface area contributed by atoms with Crippen LogP contribution in [0, 0.1) is 26.2 Å². The maximum absolute atomic E-state index is 5.35. The molecule has 0 bridgehead atoms.